The van der Waals surface area contributed by atoms with Crippen molar-refractivity contribution in [3.63, 3.8) is 0 Å². The summed E-state index contributed by atoms with van der Waals surface area (Å²) in [4.78, 5) is 4.35. The zero-order chi connectivity index (χ0) is 13.1. The molecule has 5 heteroatoms. The normalized spacial score (nSPS) is 10.8. The van der Waals surface area contributed by atoms with E-state index in [2.05, 4.69) is 10.1 Å². The van der Waals surface area contributed by atoms with Crippen molar-refractivity contribution in [3.8, 4) is 5.75 Å². The molecule has 0 aliphatic carbocycles. The van der Waals surface area contributed by atoms with Gasteiger partial charge in [-0.1, -0.05) is 30.3 Å². The van der Waals surface area contributed by atoms with E-state index in [1.807, 2.05) is 48.7 Å². The van der Waals surface area contributed by atoms with E-state index in [9.17, 15) is 0 Å². The lowest BCUT2D eigenvalue weighted by Crippen LogP contribution is -1.98. The number of benzene rings is 1. The van der Waals surface area contributed by atoms with Crippen LogP contribution in [0.3, 0.4) is 0 Å². The van der Waals surface area contributed by atoms with E-state index < -0.39 is 0 Å². The van der Waals surface area contributed by atoms with Gasteiger partial charge in [-0.2, -0.15) is 0 Å². The van der Waals surface area contributed by atoms with Crippen LogP contribution in [0.2, 0.25) is 0 Å². The van der Waals surface area contributed by atoms with E-state index in [0.717, 1.165) is 5.56 Å². The zero-order valence-electron chi connectivity index (χ0n) is 10.4. The quantitative estimate of drug-likeness (QED) is 0.770. The summed E-state index contributed by atoms with van der Waals surface area (Å²) < 4.78 is 7.48. The van der Waals surface area contributed by atoms with E-state index in [1.165, 1.54) is 0 Å². The molecule has 0 amide bonds. The van der Waals surface area contributed by atoms with Crippen molar-refractivity contribution in [2.45, 2.75) is 13.2 Å². The Kier molecular flexibility index (Phi) is 3.12. The van der Waals surface area contributed by atoms with Crippen molar-refractivity contribution in [2.24, 2.45) is 5.73 Å². The van der Waals surface area contributed by atoms with E-state index >= 15 is 0 Å². The van der Waals surface area contributed by atoms with Gasteiger partial charge in [0.1, 0.15) is 6.61 Å². The number of nitrogens with zero attached hydrogens (tertiary/aromatic N) is 3. The summed E-state index contributed by atoms with van der Waals surface area (Å²) in [7, 11) is 0. The Morgan fingerprint density at radius 2 is 1.95 bits per heavy atom. The van der Waals surface area contributed by atoms with Gasteiger partial charge in [-0.15, -0.1) is 5.10 Å². The molecule has 0 aliphatic rings. The molecule has 0 radical (unpaired) electrons. The Labute approximate surface area is 110 Å². The van der Waals surface area contributed by atoms with Crippen LogP contribution in [-0.2, 0) is 13.2 Å². The summed E-state index contributed by atoms with van der Waals surface area (Å²) in [6.45, 7) is 0.825. The second-order valence-electron chi connectivity index (χ2n) is 4.15. The van der Waals surface area contributed by atoms with Crippen LogP contribution in [0.15, 0.2) is 48.7 Å². The second-order valence-corrected chi connectivity index (χ2v) is 4.15. The standard InChI is InChI=1S/C14H14N4O/c15-9-13-16-14-12(7-4-8-18(14)17-13)19-10-11-5-2-1-3-6-11/h1-8H,9-10,15H2. The van der Waals surface area contributed by atoms with Crippen molar-refractivity contribution in [1.29, 1.82) is 0 Å². The first-order valence-corrected chi connectivity index (χ1v) is 6.08. The molecule has 0 saturated heterocycles. The van der Waals surface area contributed by atoms with Crippen LogP contribution in [-0.4, -0.2) is 14.6 Å². The molecule has 0 bridgehead atoms. The molecular formula is C14H14N4O. The predicted molar refractivity (Wildman–Crippen MR) is 71.7 cm³/mol. The molecule has 0 aliphatic heterocycles. The Bertz CT molecular complexity index is 678. The van der Waals surface area contributed by atoms with Crippen LogP contribution < -0.4 is 10.5 Å². The highest BCUT2D eigenvalue weighted by Gasteiger charge is 2.07. The minimum Gasteiger partial charge on any atom is -0.485 e. The summed E-state index contributed by atoms with van der Waals surface area (Å²) in [5, 5.41) is 4.25. The number of hydrogen-bond donors (Lipinski definition) is 1. The monoisotopic (exact) mass is 254 g/mol. The number of hydrogen-bond acceptors (Lipinski definition) is 4. The minimum atomic E-state index is 0.319. The highest BCUT2D eigenvalue weighted by Crippen LogP contribution is 2.18. The summed E-state index contributed by atoms with van der Waals surface area (Å²) in [6, 6.07) is 13.8. The van der Waals surface area contributed by atoms with Gasteiger partial charge < -0.3 is 10.5 Å². The fourth-order valence-electron chi connectivity index (χ4n) is 1.86. The molecule has 0 saturated carbocycles. The van der Waals surface area contributed by atoms with Crippen molar-refractivity contribution in [3.05, 3.63) is 60.0 Å². The number of aromatic nitrogens is 3. The molecule has 96 valence electrons. The summed E-state index contributed by atoms with van der Waals surface area (Å²) in [5.41, 5.74) is 7.36. The topological polar surface area (TPSA) is 65.4 Å². The molecule has 3 rings (SSSR count). The van der Waals surface area contributed by atoms with Gasteiger partial charge in [-0.25, -0.2) is 9.50 Å². The summed E-state index contributed by atoms with van der Waals surface area (Å²) in [5.74, 6) is 1.31. The van der Waals surface area contributed by atoms with Crippen molar-refractivity contribution < 1.29 is 4.74 Å². The van der Waals surface area contributed by atoms with Crippen LogP contribution in [0, 0.1) is 0 Å². The van der Waals surface area contributed by atoms with Gasteiger partial charge in [0.25, 0.3) is 0 Å². The first-order valence-electron chi connectivity index (χ1n) is 6.08. The number of rotatable bonds is 4. The lowest BCUT2D eigenvalue weighted by molar-refractivity contribution is 0.308. The third-order valence-electron chi connectivity index (χ3n) is 2.79. The first-order chi connectivity index (χ1) is 9.36. The van der Waals surface area contributed by atoms with E-state index in [1.54, 1.807) is 4.52 Å². The number of ether oxygens (including phenoxy) is 1. The molecule has 0 spiro atoms. The van der Waals surface area contributed by atoms with Gasteiger partial charge in [0, 0.05) is 6.20 Å². The Balaban J connectivity index is 1.86. The zero-order valence-corrected chi connectivity index (χ0v) is 10.4. The molecule has 2 aromatic heterocycles. The van der Waals surface area contributed by atoms with Crippen LogP contribution >= 0.6 is 0 Å². The van der Waals surface area contributed by atoms with Crippen LogP contribution in [0.25, 0.3) is 5.65 Å². The maximum atomic E-state index is 5.80. The number of nitrogens with two attached hydrogens (primary N) is 1. The number of pyridine rings is 1. The Morgan fingerprint density at radius 1 is 1.11 bits per heavy atom. The minimum absolute atomic E-state index is 0.319. The van der Waals surface area contributed by atoms with Gasteiger partial charge in [0.05, 0.1) is 6.54 Å². The predicted octanol–water partition coefficient (Wildman–Crippen LogP) is 1.77. The van der Waals surface area contributed by atoms with Gasteiger partial charge in [-0.3, -0.25) is 0 Å². The Morgan fingerprint density at radius 3 is 2.74 bits per heavy atom. The fourth-order valence-corrected chi connectivity index (χ4v) is 1.86. The largest absolute Gasteiger partial charge is 0.485 e. The van der Waals surface area contributed by atoms with Crippen molar-refractivity contribution in [1.82, 2.24) is 14.6 Å². The molecule has 0 unspecified atom stereocenters. The van der Waals surface area contributed by atoms with Crippen LogP contribution in [0.4, 0.5) is 0 Å². The second kappa shape index (κ2) is 5.07. The molecular weight excluding hydrogens is 240 g/mol. The first kappa shape index (κ1) is 11.7. The van der Waals surface area contributed by atoms with Gasteiger partial charge >= 0.3 is 0 Å². The lowest BCUT2D eigenvalue weighted by atomic mass is 10.2. The molecule has 3 aromatic rings. The van der Waals surface area contributed by atoms with Crippen LogP contribution in [0.5, 0.6) is 5.75 Å². The molecule has 5 nitrogen and oxygen atoms in total. The smallest absolute Gasteiger partial charge is 0.198 e. The van der Waals surface area contributed by atoms with Gasteiger partial charge in [0.15, 0.2) is 17.2 Å². The molecule has 19 heavy (non-hydrogen) atoms. The summed E-state index contributed by atoms with van der Waals surface area (Å²) in [6.07, 6.45) is 1.83. The van der Waals surface area contributed by atoms with Crippen molar-refractivity contribution >= 4 is 5.65 Å². The van der Waals surface area contributed by atoms with Crippen molar-refractivity contribution in [2.75, 3.05) is 0 Å². The highest BCUT2D eigenvalue weighted by molar-refractivity contribution is 5.52. The van der Waals surface area contributed by atoms with Gasteiger partial charge in [0.2, 0.25) is 0 Å². The average Bonchev–Trinajstić information content (AvgIpc) is 2.90. The molecule has 1 aromatic carbocycles. The van der Waals surface area contributed by atoms with Gasteiger partial charge in [-0.05, 0) is 17.7 Å². The van der Waals surface area contributed by atoms with E-state index in [0.29, 0.717) is 30.4 Å². The molecule has 2 N–H and O–H groups in total. The van der Waals surface area contributed by atoms with E-state index in [-0.39, 0.29) is 0 Å². The maximum Gasteiger partial charge on any atom is 0.198 e. The maximum absolute atomic E-state index is 5.80. The van der Waals surface area contributed by atoms with E-state index in [4.69, 9.17) is 10.5 Å². The summed E-state index contributed by atoms with van der Waals surface area (Å²) >= 11 is 0. The average molecular weight is 254 g/mol. The third-order valence-corrected chi connectivity index (χ3v) is 2.79. The van der Waals surface area contributed by atoms with Crippen LogP contribution in [0.1, 0.15) is 11.4 Å². The molecule has 2 heterocycles. The molecule has 0 atom stereocenters. The lowest BCUT2D eigenvalue weighted by Gasteiger charge is -2.06. The fraction of sp³-hybridized carbons (Fsp3) is 0.143. The molecule has 0 fully saturated rings. The highest BCUT2D eigenvalue weighted by atomic mass is 16.5. The third kappa shape index (κ3) is 2.41. The number of fused-ring (bicyclic) bond motifs is 1. The Hall–Kier alpha value is -2.40. The SMILES string of the molecule is NCc1nc2c(OCc3ccccc3)cccn2n1.